The monoisotopic (exact) mass is 549 g/mol. The Morgan fingerprint density at radius 2 is 1.44 bits per heavy atom. The van der Waals surface area contributed by atoms with Gasteiger partial charge in [-0.1, -0.05) is 48.5 Å². The second-order valence-corrected chi connectivity index (χ2v) is 10.9. The van der Waals surface area contributed by atoms with Gasteiger partial charge in [-0.15, -0.1) is 0 Å². The van der Waals surface area contributed by atoms with Crippen LogP contribution in [-0.4, -0.2) is 24.0 Å². The summed E-state index contributed by atoms with van der Waals surface area (Å²) in [4.78, 5) is 14.7. The Bertz CT molecular complexity index is 1590. The van der Waals surface area contributed by atoms with Crippen molar-refractivity contribution in [2.24, 2.45) is 5.92 Å². The van der Waals surface area contributed by atoms with Crippen LogP contribution in [0.5, 0.6) is 0 Å². The van der Waals surface area contributed by atoms with E-state index in [1.165, 1.54) is 54.6 Å². The topological polar surface area (TPSA) is 94.9 Å². The molecule has 3 unspecified atom stereocenters. The molecule has 0 spiro atoms. The van der Waals surface area contributed by atoms with Crippen LogP contribution < -0.4 is 4.90 Å². The van der Waals surface area contributed by atoms with Gasteiger partial charge in [-0.2, -0.15) is 8.42 Å². The molecule has 4 aromatic carbocycles. The van der Waals surface area contributed by atoms with E-state index in [1.54, 1.807) is 35.2 Å². The fourth-order valence-electron chi connectivity index (χ4n) is 5.00. The lowest BCUT2D eigenvalue weighted by Crippen LogP contribution is -2.55. The van der Waals surface area contributed by atoms with Crippen molar-refractivity contribution < 1.29 is 31.7 Å². The molecule has 1 saturated heterocycles. The number of carbonyl (C=O) groups excluding carboxylic acids is 1. The Morgan fingerprint density at radius 3 is 2.05 bits per heavy atom. The number of anilines is 1. The highest BCUT2D eigenvalue weighted by molar-refractivity contribution is 7.85. The van der Waals surface area contributed by atoms with E-state index in [9.17, 15) is 31.7 Å². The summed E-state index contributed by atoms with van der Waals surface area (Å²) in [6, 6.07) is 24.1. The molecule has 39 heavy (non-hydrogen) atoms. The number of carbonyl (C=O) groups is 1. The summed E-state index contributed by atoms with van der Waals surface area (Å²) in [7, 11) is -4.35. The number of nitrogens with zero attached hydrogens (tertiary/aromatic N) is 1. The molecule has 0 aromatic heterocycles. The number of rotatable bonds is 8. The predicted molar refractivity (Wildman–Crippen MR) is 142 cm³/mol. The Labute approximate surface area is 224 Å². The lowest BCUT2D eigenvalue weighted by molar-refractivity contribution is -0.131. The minimum atomic E-state index is -4.35. The predicted octanol–water partition coefficient (Wildman–Crippen LogP) is 6.10. The first-order valence-corrected chi connectivity index (χ1v) is 13.8. The zero-order valence-electron chi connectivity index (χ0n) is 20.6. The van der Waals surface area contributed by atoms with E-state index in [1.807, 2.05) is 12.1 Å². The van der Waals surface area contributed by atoms with E-state index in [0.29, 0.717) is 28.8 Å². The highest BCUT2D eigenvalue weighted by atomic mass is 32.2. The van der Waals surface area contributed by atoms with Crippen molar-refractivity contribution in [2.45, 2.75) is 29.9 Å². The van der Waals surface area contributed by atoms with E-state index < -0.39 is 33.8 Å². The van der Waals surface area contributed by atoms with Gasteiger partial charge < -0.3 is 10.0 Å². The van der Waals surface area contributed by atoms with Gasteiger partial charge in [-0.3, -0.25) is 9.35 Å². The molecule has 1 aliphatic heterocycles. The molecule has 9 heteroatoms. The van der Waals surface area contributed by atoms with Crippen molar-refractivity contribution in [2.75, 3.05) is 4.90 Å². The molecule has 3 atom stereocenters. The second-order valence-electron chi connectivity index (χ2n) is 9.51. The number of amides is 1. The lowest BCUT2D eigenvalue weighted by Gasteiger charge is -2.48. The summed E-state index contributed by atoms with van der Waals surface area (Å²) in [5.74, 6) is -1.41. The molecule has 200 valence electrons. The van der Waals surface area contributed by atoms with Crippen LogP contribution in [0.1, 0.15) is 36.1 Å². The minimum absolute atomic E-state index is 0.150. The fourth-order valence-corrected chi connectivity index (χ4v) is 5.53. The smallest absolute Gasteiger partial charge is 0.294 e. The molecule has 4 aromatic rings. The Hall–Kier alpha value is -3.92. The fraction of sp³-hybridized carbons (Fsp3) is 0.167. The maximum atomic E-state index is 13.6. The van der Waals surface area contributed by atoms with Crippen LogP contribution >= 0.6 is 0 Å². The molecule has 0 saturated carbocycles. The summed E-state index contributed by atoms with van der Waals surface area (Å²) in [5.41, 5.74) is 3.23. The summed E-state index contributed by atoms with van der Waals surface area (Å²) in [5, 5.41) is 10.6. The number of aliphatic hydroxyl groups is 1. The maximum absolute atomic E-state index is 13.6. The molecular formula is C30H25F2NO5S. The van der Waals surface area contributed by atoms with Gasteiger partial charge in [-0.05, 0) is 83.6 Å². The first-order chi connectivity index (χ1) is 18.6. The first kappa shape index (κ1) is 26.7. The van der Waals surface area contributed by atoms with Crippen molar-refractivity contribution in [3.8, 4) is 11.1 Å². The third kappa shape index (κ3) is 5.61. The Morgan fingerprint density at radius 1 is 0.821 bits per heavy atom. The third-order valence-corrected chi connectivity index (χ3v) is 7.89. The normalized spacial score (nSPS) is 18.1. The average molecular weight is 550 g/mol. The van der Waals surface area contributed by atoms with Crippen LogP contribution in [0, 0.1) is 17.6 Å². The number of β-lactam (4-membered cyclic amide) rings is 1. The van der Waals surface area contributed by atoms with E-state index in [2.05, 4.69) is 0 Å². The van der Waals surface area contributed by atoms with Crippen LogP contribution in [0.2, 0.25) is 0 Å². The highest BCUT2D eigenvalue weighted by Crippen LogP contribution is 2.46. The molecule has 2 N–H and O–H groups in total. The SMILES string of the molecule is O=C1C(CCC(O)c2ccc(F)cc2)C(c2ccc(-c3cccc(S(=O)(=O)O)c3)cc2)N1c1ccc(F)cc1. The van der Waals surface area contributed by atoms with Crippen molar-refractivity contribution >= 4 is 21.7 Å². The molecule has 0 radical (unpaired) electrons. The average Bonchev–Trinajstić information content (AvgIpc) is 2.93. The van der Waals surface area contributed by atoms with Gasteiger partial charge in [0.1, 0.15) is 11.6 Å². The van der Waals surface area contributed by atoms with Crippen LogP contribution in [0.15, 0.2) is 102 Å². The van der Waals surface area contributed by atoms with Crippen LogP contribution in [-0.2, 0) is 14.9 Å². The minimum Gasteiger partial charge on any atom is -0.388 e. The van der Waals surface area contributed by atoms with Gasteiger partial charge >= 0.3 is 0 Å². The molecule has 0 aliphatic carbocycles. The number of halogens is 2. The standard InChI is InChI=1S/C30H25F2NO5S/c31-23-10-8-20(9-11-23)28(34)17-16-27-29(33(30(27)35)25-14-12-24(32)13-15-25)21-6-4-19(5-7-21)22-2-1-3-26(18-22)39(36,37)38/h1-15,18,27-29,34H,16-17H2,(H,36,37,38). The van der Waals surface area contributed by atoms with Gasteiger partial charge in [0.05, 0.1) is 23.0 Å². The van der Waals surface area contributed by atoms with Crippen molar-refractivity contribution in [3.05, 3.63) is 120 Å². The van der Waals surface area contributed by atoms with E-state index in [4.69, 9.17) is 0 Å². The highest BCUT2D eigenvalue weighted by Gasteiger charge is 2.48. The van der Waals surface area contributed by atoms with E-state index >= 15 is 0 Å². The van der Waals surface area contributed by atoms with Gasteiger partial charge in [0.2, 0.25) is 5.91 Å². The van der Waals surface area contributed by atoms with Crippen LogP contribution in [0.25, 0.3) is 11.1 Å². The molecule has 1 amide bonds. The van der Waals surface area contributed by atoms with Gasteiger partial charge in [0.15, 0.2) is 0 Å². The summed E-state index contributed by atoms with van der Waals surface area (Å²) < 4.78 is 59.3. The Kier molecular flexibility index (Phi) is 7.31. The quantitative estimate of drug-likeness (QED) is 0.205. The number of benzene rings is 4. The number of aliphatic hydroxyl groups excluding tert-OH is 1. The van der Waals surface area contributed by atoms with Crippen molar-refractivity contribution in [3.63, 3.8) is 0 Å². The van der Waals surface area contributed by atoms with Gasteiger partial charge in [0, 0.05) is 5.69 Å². The zero-order valence-corrected chi connectivity index (χ0v) is 21.4. The van der Waals surface area contributed by atoms with Crippen LogP contribution in [0.4, 0.5) is 14.5 Å². The van der Waals surface area contributed by atoms with E-state index in [0.717, 1.165) is 5.56 Å². The van der Waals surface area contributed by atoms with Crippen molar-refractivity contribution in [1.29, 1.82) is 0 Å². The van der Waals surface area contributed by atoms with Gasteiger partial charge in [-0.25, -0.2) is 8.78 Å². The second kappa shape index (κ2) is 10.7. The number of hydrogen-bond acceptors (Lipinski definition) is 4. The molecule has 1 aliphatic rings. The third-order valence-electron chi connectivity index (χ3n) is 7.04. The van der Waals surface area contributed by atoms with E-state index in [-0.39, 0.29) is 23.3 Å². The molecule has 5 rings (SSSR count). The molecular weight excluding hydrogens is 524 g/mol. The number of hydrogen-bond donors (Lipinski definition) is 2. The molecule has 6 nitrogen and oxygen atoms in total. The summed E-state index contributed by atoms with van der Waals surface area (Å²) >= 11 is 0. The Balaban J connectivity index is 1.41. The lowest BCUT2D eigenvalue weighted by atomic mass is 9.78. The van der Waals surface area contributed by atoms with Crippen molar-refractivity contribution in [1.82, 2.24) is 0 Å². The molecule has 0 bridgehead atoms. The first-order valence-electron chi connectivity index (χ1n) is 12.3. The van der Waals surface area contributed by atoms with Gasteiger partial charge in [0.25, 0.3) is 10.1 Å². The summed E-state index contributed by atoms with van der Waals surface area (Å²) in [6.45, 7) is 0. The maximum Gasteiger partial charge on any atom is 0.294 e. The van der Waals surface area contributed by atoms with Crippen LogP contribution in [0.3, 0.4) is 0 Å². The summed E-state index contributed by atoms with van der Waals surface area (Å²) in [6.07, 6.45) is -0.204. The molecule has 1 fully saturated rings. The largest absolute Gasteiger partial charge is 0.388 e. The molecule has 1 heterocycles. The zero-order chi connectivity index (χ0) is 27.7.